The predicted molar refractivity (Wildman–Crippen MR) is 94.6 cm³/mol. The van der Waals surface area contributed by atoms with Gasteiger partial charge in [0, 0.05) is 16.2 Å². The Balaban J connectivity index is 1.84. The highest BCUT2D eigenvalue weighted by Crippen LogP contribution is 2.22. The number of fused-ring (bicyclic) bond motifs is 1. The SMILES string of the molecule is O=c1[nH]c2ncc(-c3cccc(Br)c3)nc2n1Cc1ccccn1. The van der Waals surface area contributed by atoms with Gasteiger partial charge < -0.3 is 0 Å². The average Bonchev–Trinajstić information content (AvgIpc) is 2.91. The zero-order valence-corrected chi connectivity index (χ0v) is 14.1. The summed E-state index contributed by atoms with van der Waals surface area (Å²) in [4.78, 5) is 28.2. The van der Waals surface area contributed by atoms with Crippen molar-refractivity contribution in [3.8, 4) is 11.3 Å². The van der Waals surface area contributed by atoms with Crippen molar-refractivity contribution < 1.29 is 0 Å². The fourth-order valence-electron chi connectivity index (χ4n) is 2.51. The van der Waals surface area contributed by atoms with Crippen molar-refractivity contribution in [2.24, 2.45) is 0 Å². The molecule has 4 rings (SSSR count). The fraction of sp³-hybridized carbons (Fsp3) is 0.0588. The molecule has 118 valence electrons. The molecule has 0 saturated carbocycles. The summed E-state index contributed by atoms with van der Waals surface area (Å²) in [5, 5.41) is 0. The second-order valence-corrected chi connectivity index (χ2v) is 6.19. The summed E-state index contributed by atoms with van der Waals surface area (Å²) in [7, 11) is 0. The molecule has 0 radical (unpaired) electrons. The fourth-order valence-corrected chi connectivity index (χ4v) is 2.91. The number of nitrogens with one attached hydrogen (secondary N) is 1. The van der Waals surface area contributed by atoms with Crippen LogP contribution >= 0.6 is 15.9 Å². The number of hydrogen-bond donors (Lipinski definition) is 1. The van der Waals surface area contributed by atoms with E-state index >= 15 is 0 Å². The second kappa shape index (κ2) is 6.01. The first-order chi connectivity index (χ1) is 11.7. The van der Waals surface area contributed by atoms with Crippen LogP contribution in [0.3, 0.4) is 0 Å². The summed E-state index contributed by atoms with van der Waals surface area (Å²) in [6.07, 6.45) is 3.36. The standard InChI is InChI=1S/C17H12BrN5O/c18-12-5-3-4-11(8-12)14-9-20-15-16(21-14)23(17(24)22-15)10-13-6-1-2-7-19-13/h1-9H,10H2,(H,20,22,24). The maximum Gasteiger partial charge on any atom is 0.329 e. The van der Waals surface area contributed by atoms with Crippen molar-refractivity contribution >= 4 is 27.2 Å². The molecule has 4 aromatic rings. The largest absolute Gasteiger partial charge is 0.329 e. The van der Waals surface area contributed by atoms with E-state index in [0.717, 1.165) is 15.7 Å². The minimum atomic E-state index is -0.248. The average molecular weight is 382 g/mol. The van der Waals surface area contributed by atoms with Crippen molar-refractivity contribution in [2.45, 2.75) is 6.54 Å². The normalized spacial score (nSPS) is 11.0. The number of benzene rings is 1. The first kappa shape index (κ1) is 14.8. The van der Waals surface area contributed by atoms with Crippen molar-refractivity contribution in [3.05, 3.63) is 75.5 Å². The Hall–Kier alpha value is -2.80. The van der Waals surface area contributed by atoms with E-state index in [1.54, 1.807) is 17.0 Å². The zero-order valence-electron chi connectivity index (χ0n) is 12.5. The van der Waals surface area contributed by atoms with Crippen molar-refractivity contribution in [2.75, 3.05) is 0 Å². The van der Waals surface area contributed by atoms with E-state index in [-0.39, 0.29) is 5.69 Å². The number of H-pyrrole nitrogens is 1. The van der Waals surface area contributed by atoms with Crippen LogP contribution in [0.5, 0.6) is 0 Å². The molecule has 0 spiro atoms. The Morgan fingerprint density at radius 1 is 1.12 bits per heavy atom. The summed E-state index contributed by atoms with van der Waals surface area (Å²) >= 11 is 3.45. The number of rotatable bonds is 3. The molecule has 0 aliphatic rings. The number of imidazole rings is 1. The molecule has 0 saturated heterocycles. The monoisotopic (exact) mass is 381 g/mol. The highest BCUT2D eigenvalue weighted by atomic mass is 79.9. The topological polar surface area (TPSA) is 76.5 Å². The second-order valence-electron chi connectivity index (χ2n) is 5.28. The molecule has 1 N–H and O–H groups in total. The van der Waals surface area contributed by atoms with Gasteiger partial charge in [-0.1, -0.05) is 34.1 Å². The van der Waals surface area contributed by atoms with E-state index in [1.165, 1.54) is 0 Å². The van der Waals surface area contributed by atoms with Crippen LogP contribution in [0.4, 0.5) is 0 Å². The number of aromatic nitrogens is 5. The summed E-state index contributed by atoms with van der Waals surface area (Å²) in [5.41, 5.74) is 3.16. The van der Waals surface area contributed by atoms with E-state index in [9.17, 15) is 4.79 Å². The van der Waals surface area contributed by atoms with Gasteiger partial charge in [-0.15, -0.1) is 0 Å². The minimum Gasteiger partial charge on any atom is -0.289 e. The van der Waals surface area contributed by atoms with Crippen LogP contribution in [0.2, 0.25) is 0 Å². The van der Waals surface area contributed by atoms with E-state index in [1.807, 2.05) is 42.5 Å². The maximum absolute atomic E-state index is 12.2. The molecule has 0 bridgehead atoms. The van der Waals surface area contributed by atoms with E-state index < -0.39 is 0 Å². The van der Waals surface area contributed by atoms with E-state index in [4.69, 9.17) is 0 Å². The van der Waals surface area contributed by atoms with Crippen LogP contribution in [0.25, 0.3) is 22.6 Å². The molecule has 7 heteroatoms. The molecule has 0 atom stereocenters. The lowest BCUT2D eigenvalue weighted by molar-refractivity contribution is 0.757. The predicted octanol–water partition coefficient (Wildman–Crippen LogP) is 2.99. The first-order valence-electron chi connectivity index (χ1n) is 7.32. The quantitative estimate of drug-likeness (QED) is 0.591. The third-order valence-electron chi connectivity index (χ3n) is 3.65. The maximum atomic E-state index is 12.2. The molecule has 0 unspecified atom stereocenters. The van der Waals surface area contributed by atoms with Crippen molar-refractivity contribution in [1.29, 1.82) is 0 Å². The lowest BCUT2D eigenvalue weighted by atomic mass is 10.2. The zero-order chi connectivity index (χ0) is 16.5. The van der Waals surface area contributed by atoms with Gasteiger partial charge in [-0.25, -0.2) is 14.8 Å². The third kappa shape index (κ3) is 2.74. The molecule has 0 fully saturated rings. The van der Waals surface area contributed by atoms with Crippen molar-refractivity contribution in [1.82, 2.24) is 24.5 Å². The highest BCUT2D eigenvalue weighted by molar-refractivity contribution is 9.10. The van der Waals surface area contributed by atoms with Crippen LogP contribution in [0, 0.1) is 0 Å². The number of nitrogens with zero attached hydrogens (tertiary/aromatic N) is 4. The van der Waals surface area contributed by atoms with Gasteiger partial charge in [0.25, 0.3) is 0 Å². The molecule has 6 nitrogen and oxygen atoms in total. The van der Waals surface area contributed by atoms with Crippen LogP contribution in [-0.2, 0) is 6.54 Å². The Morgan fingerprint density at radius 2 is 2.04 bits per heavy atom. The molecule has 1 aromatic carbocycles. The van der Waals surface area contributed by atoms with Gasteiger partial charge >= 0.3 is 5.69 Å². The van der Waals surface area contributed by atoms with Gasteiger partial charge in [0.05, 0.1) is 24.1 Å². The Morgan fingerprint density at radius 3 is 2.83 bits per heavy atom. The smallest absolute Gasteiger partial charge is 0.289 e. The lowest BCUT2D eigenvalue weighted by Crippen LogP contribution is -2.18. The van der Waals surface area contributed by atoms with Gasteiger partial charge in [0.15, 0.2) is 11.3 Å². The lowest BCUT2D eigenvalue weighted by Gasteiger charge is -2.04. The third-order valence-corrected chi connectivity index (χ3v) is 4.14. The summed E-state index contributed by atoms with van der Waals surface area (Å²) in [5.74, 6) is 0. The van der Waals surface area contributed by atoms with Crippen LogP contribution < -0.4 is 5.69 Å². The van der Waals surface area contributed by atoms with Gasteiger partial charge in [-0.3, -0.25) is 14.5 Å². The molecule has 24 heavy (non-hydrogen) atoms. The molecule has 0 amide bonds. The first-order valence-corrected chi connectivity index (χ1v) is 8.11. The number of halogens is 1. The molecular formula is C17H12BrN5O. The Labute approximate surface area is 145 Å². The van der Waals surface area contributed by atoms with Gasteiger partial charge in [-0.2, -0.15) is 0 Å². The molecule has 0 aliphatic heterocycles. The number of aromatic amines is 1. The molecule has 3 aromatic heterocycles. The van der Waals surface area contributed by atoms with E-state index in [2.05, 4.69) is 35.9 Å². The van der Waals surface area contributed by atoms with Crippen molar-refractivity contribution in [3.63, 3.8) is 0 Å². The molecular weight excluding hydrogens is 370 g/mol. The van der Waals surface area contributed by atoms with Crippen LogP contribution in [0.1, 0.15) is 5.69 Å². The van der Waals surface area contributed by atoms with Gasteiger partial charge in [0.2, 0.25) is 0 Å². The van der Waals surface area contributed by atoms with Gasteiger partial charge in [-0.05, 0) is 24.3 Å². The summed E-state index contributed by atoms with van der Waals surface area (Å²) in [6.45, 7) is 0.344. The number of hydrogen-bond acceptors (Lipinski definition) is 4. The van der Waals surface area contributed by atoms with Crippen LogP contribution in [-0.4, -0.2) is 24.5 Å². The van der Waals surface area contributed by atoms with Gasteiger partial charge in [0.1, 0.15) is 0 Å². The Bertz CT molecular complexity index is 1070. The number of pyridine rings is 1. The summed E-state index contributed by atoms with van der Waals surface area (Å²) < 4.78 is 2.51. The van der Waals surface area contributed by atoms with E-state index in [0.29, 0.717) is 23.5 Å². The highest BCUT2D eigenvalue weighted by Gasteiger charge is 2.12. The minimum absolute atomic E-state index is 0.248. The molecule has 3 heterocycles. The Kier molecular flexibility index (Phi) is 3.70. The van der Waals surface area contributed by atoms with Crippen LogP contribution in [0.15, 0.2) is 64.1 Å². The summed E-state index contributed by atoms with van der Waals surface area (Å²) in [6, 6.07) is 13.4. The molecule has 0 aliphatic carbocycles.